The number of rotatable bonds is 4. The van der Waals surface area contributed by atoms with Crippen LogP contribution in [0.4, 0.5) is 0 Å². The minimum atomic E-state index is -0.794. The summed E-state index contributed by atoms with van der Waals surface area (Å²) in [5.74, 6) is -0.794. The van der Waals surface area contributed by atoms with Gasteiger partial charge in [0.25, 0.3) is 0 Å². The van der Waals surface area contributed by atoms with Gasteiger partial charge in [0.15, 0.2) is 0 Å². The van der Waals surface area contributed by atoms with Gasteiger partial charge in [0.2, 0.25) is 0 Å². The largest absolute Gasteiger partial charge is 0.481 e. The van der Waals surface area contributed by atoms with E-state index in [0.29, 0.717) is 6.54 Å². The van der Waals surface area contributed by atoms with E-state index in [1.807, 2.05) is 0 Å². The van der Waals surface area contributed by atoms with Crippen LogP contribution < -0.4 is 5.32 Å². The lowest BCUT2D eigenvalue weighted by atomic mass is 9.92. The summed E-state index contributed by atoms with van der Waals surface area (Å²) >= 11 is 0. The first-order valence-electron chi connectivity index (χ1n) is 4.83. The van der Waals surface area contributed by atoms with E-state index in [0.717, 1.165) is 25.7 Å². The smallest absolute Gasteiger partial charge is 0.304 e. The maximum Gasteiger partial charge on any atom is 0.304 e. The zero-order valence-corrected chi connectivity index (χ0v) is 7.70. The zero-order chi connectivity index (χ0) is 9.68. The first kappa shape index (κ1) is 10.5. The standard InChI is InChI=1S/C9H17NO3/c11-8-4-2-1-3-7(8)10-6-5-9(12)13/h7-8,10-11H,1-6H2,(H,12,13). The minimum Gasteiger partial charge on any atom is -0.481 e. The molecular formula is C9H17NO3. The number of carbonyl (C=O) groups is 1. The maximum absolute atomic E-state index is 10.2. The summed E-state index contributed by atoms with van der Waals surface area (Å²) < 4.78 is 0. The summed E-state index contributed by atoms with van der Waals surface area (Å²) in [6.45, 7) is 0.455. The van der Waals surface area contributed by atoms with E-state index in [4.69, 9.17) is 5.11 Å². The van der Waals surface area contributed by atoms with Crippen LogP contribution in [-0.2, 0) is 4.79 Å². The molecule has 4 nitrogen and oxygen atoms in total. The van der Waals surface area contributed by atoms with Gasteiger partial charge in [0, 0.05) is 12.6 Å². The highest BCUT2D eigenvalue weighted by Gasteiger charge is 2.21. The van der Waals surface area contributed by atoms with E-state index in [9.17, 15) is 9.90 Å². The van der Waals surface area contributed by atoms with Crippen LogP contribution in [0.5, 0.6) is 0 Å². The van der Waals surface area contributed by atoms with Crippen molar-refractivity contribution < 1.29 is 15.0 Å². The van der Waals surface area contributed by atoms with Gasteiger partial charge in [0.1, 0.15) is 0 Å². The molecular weight excluding hydrogens is 170 g/mol. The summed E-state index contributed by atoms with van der Waals surface area (Å²) in [6, 6.07) is 0.105. The van der Waals surface area contributed by atoms with Crippen LogP contribution in [0.25, 0.3) is 0 Å². The van der Waals surface area contributed by atoms with Crippen LogP contribution in [0.3, 0.4) is 0 Å². The Morgan fingerprint density at radius 1 is 1.38 bits per heavy atom. The topological polar surface area (TPSA) is 69.6 Å². The molecule has 0 bridgehead atoms. The Hall–Kier alpha value is -0.610. The molecule has 0 aromatic carbocycles. The highest BCUT2D eigenvalue weighted by molar-refractivity contribution is 5.66. The number of nitrogens with one attached hydrogen (secondary N) is 1. The lowest BCUT2D eigenvalue weighted by molar-refractivity contribution is -0.136. The van der Waals surface area contributed by atoms with Crippen molar-refractivity contribution >= 4 is 5.97 Å². The molecule has 3 N–H and O–H groups in total. The summed E-state index contributed by atoms with van der Waals surface area (Å²) in [7, 11) is 0. The van der Waals surface area contributed by atoms with Crippen molar-refractivity contribution in [3.05, 3.63) is 0 Å². The molecule has 0 amide bonds. The molecule has 13 heavy (non-hydrogen) atoms. The molecule has 1 aliphatic carbocycles. The fourth-order valence-corrected chi connectivity index (χ4v) is 1.71. The lowest BCUT2D eigenvalue weighted by Crippen LogP contribution is -2.42. The fourth-order valence-electron chi connectivity index (χ4n) is 1.71. The average Bonchev–Trinajstić information content (AvgIpc) is 2.08. The van der Waals surface area contributed by atoms with E-state index in [1.165, 1.54) is 0 Å². The van der Waals surface area contributed by atoms with Gasteiger partial charge in [0.05, 0.1) is 12.5 Å². The van der Waals surface area contributed by atoms with Crippen molar-refractivity contribution in [3.63, 3.8) is 0 Å². The van der Waals surface area contributed by atoms with E-state index < -0.39 is 5.97 Å². The van der Waals surface area contributed by atoms with Gasteiger partial charge in [-0.3, -0.25) is 4.79 Å². The maximum atomic E-state index is 10.2. The Bertz CT molecular complexity index is 172. The molecule has 0 aliphatic heterocycles. The molecule has 0 aromatic heterocycles. The minimum absolute atomic E-state index is 0.105. The molecule has 1 rings (SSSR count). The molecule has 0 aromatic rings. The van der Waals surface area contributed by atoms with Crippen LogP contribution in [0.15, 0.2) is 0 Å². The first-order chi connectivity index (χ1) is 6.20. The van der Waals surface area contributed by atoms with Gasteiger partial charge < -0.3 is 15.5 Å². The van der Waals surface area contributed by atoms with Crippen molar-refractivity contribution in [2.45, 2.75) is 44.2 Å². The van der Waals surface area contributed by atoms with Gasteiger partial charge in [-0.2, -0.15) is 0 Å². The summed E-state index contributed by atoms with van der Waals surface area (Å²) in [4.78, 5) is 10.2. The zero-order valence-electron chi connectivity index (χ0n) is 7.70. The molecule has 0 saturated heterocycles. The van der Waals surface area contributed by atoms with E-state index in [-0.39, 0.29) is 18.6 Å². The molecule has 4 heteroatoms. The molecule has 1 aliphatic rings. The lowest BCUT2D eigenvalue weighted by Gasteiger charge is -2.28. The number of carboxylic acids is 1. The van der Waals surface area contributed by atoms with E-state index >= 15 is 0 Å². The predicted molar refractivity (Wildman–Crippen MR) is 48.5 cm³/mol. The van der Waals surface area contributed by atoms with Crippen molar-refractivity contribution in [2.75, 3.05) is 6.54 Å². The Kier molecular flexibility index (Phi) is 4.18. The van der Waals surface area contributed by atoms with E-state index in [1.54, 1.807) is 0 Å². The molecule has 2 unspecified atom stereocenters. The fraction of sp³-hybridized carbons (Fsp3) is 0.889. The van der Waals surface area contributed by atoms with Gasteiger partial charge in [-0.05, 0) is 12.8 Å². The molecule has 0 spiro atoms. The SMILES string of the molecule is O=C(O)CCNC1CCCCC1O. The van der Waals surface area contributed by atoms with Gasteiger partial charge in [-0.25, -0.2) is 0 Å². The second-order valence-corrected chi connectivity index (χ2v) is 3.56. The Morgan fingerprint density at radius 2 is 2.08 bits per heavy atom. The number of aliphatic hydroxyl groups excluding tert-OH is 1. The predicted octanol–water partition coefficient (Wildman–Crippen LogP) is 0.354. The van der Waals surface area contributed by atoms with Crippen LogP contribution in [-0.4, -0.2) is 34.9 Å². The first-order valence-corrected chi connectivity index (χ1v) is 4.83. The van der Waals surface area contributed by atoms with Crippen molar-refractivity contribution in [1.29, 1.82) is 0 Å². The molecule has 1 fully saturated rings. The summed E-state index contributed by atoms with van der Waals surface area (Å²) in [5, 5.41) is 21.0. The Balaban J connectivity index is 2.15. The van der Waals surface area contributed by atoms with Crippen LogP contribution >= 0.6 is 0 Å². The third-order valence-corrected chi connectivity index (χ3v) is 2.47. The Morgan fingerprint density at radius 3 is 2.69 bits per heavy atom. The third kappa shape index (κ3) is 3.74. The normalized spacial score (nSPS) is 28.7. The highest BCUT2D eigenvalue weighted by atomic mass is 16.4. The number of hydrogen-bond acceptors (Lipinski definition) is 3. The summed E-state index contributed by atoms with van der Waals surface area (Å²) in [5.41, 5.74) is 0. The number of carboxylic acid groups (broad SMARTS) is 1. The number of aliphatic hydroxyl groups is 1. The van der Waals surface area contributed by atoms with Crippen molar-refractivity contribution in [3.8, 4) is 0 Å². The average molecular weight is 187 g/mol. The summed E-state index contributed by atoms with van der Waals surface area (Å²) in [6.07, 6.45) is 3.84. The molecule has 0 radical (unpaired) electrons. The monoisotopic (exact) mass is 187 g/mol. The van der Waals surface area contributed by atoms with E-state index in [2.05, 4.69) is 5.32 Å². The van der Waals surface area contributed by atoms with Gasteiger partial charge in [-0.1, -0.05) is 12.8 Å². The quantitative estimate of drug-likeness (QED) is 0.594. The highest BCUT2D eigenvalue weighted by Crippen LogP contribution is 2.17. The van der Waals surface area contributed by atoms with Gasteiger partial charge in [-0.15, -0.1) is 0 Å². The molecule has 2 atom stereocenters. The van der Waals surface area contributed by atoms with Crippen LogP contribution in [0, 0.1) is 0 Å². The molecule has 76 valence electrons. The second kappa shape index (κ2) is 5.19. The van der Waals surface area contributed by atoms with Crippen LogP contribution in [0.1, 0.15) is 32.1 Å². The Labute approximate surface area is 78.0 Å². The number of aliphatic carboxylic acids is 1. The third-order valence-electron chi connectivity index (χ3n) is 2.47. The van der Waals surface area contributed by atoms with Crippen molar-refractivity contribution in [2.24, 2.45) is 0 Å². The number of hydrogen-bond donors (Lipinski definition) is 3. The van der Waals surface area contributed by atoms with Crippen LogP contribution in [0.2, 0.25) is 0 Å². The molecule has 1 saturated carbocycles. The molecule has 0 heterocycles. The van der Waals surface area contributed by atoms with Gasteiger partial charge >= 0.3 is 5.97 Å². The second-order valence-electron chi connectivity index (χ2n) is 3.56. The van der Waals surface area contributed by atoms with Crippen molar-refractivity contribution in [1.82, 2.24) is 5.32 Å².